The summed E-state index contributed by atoms with van der Waals surface area (Å²) in [6, 6.07) is 6.50. The van der Waals surface area contributed by atoms with Gasteiger partial charge in [-0.25, -0.2) is 4.39 Å². The number of aliphatic hydroxyl groups is 1. The SMILES string of the molecule is COc1ccc(C(O)=C2C(=O)C(=O)N(CCN3CCOCC3)C2c2cccnc2)cc1F. The Hall–Kier alpha value is -3.30. The summed E-state index contributed by atoms with van der Waals surface area (Å²) >= 11 is 0. The van der Waals surface area contributed by atoms with Gasteiger partial charge in [0.2, 0.25) is 0 Å². The quantitative estimate of drug-likeness (QED) is 0.416. The molecule has 0 spiro atoms. The lowest BCUT2D eigenvalue weighted by Crippen LogP contribution is -2.42. The van der Waals surface area contributed by atoms with Crippen molar-refractivity contribution in [3.63, 3.8) is 0 Å². The number of hydrogen-bond acceptors (Lipinski definition) is 7. The molecule has 0 radical (unpaired) electrons. The highest BCUT2D eigenvalue weighted by Gasteiger charge is 2.46. The fourth-order valence-electron chi connectivity index (χ4n) is 4.04. The number of halogens is 1. The number of morpholine rings is 1. The van der Waals surface area contributed by atoms with Crippen LogP contribution >= 0.6 is 0 Å². The molecule has 1 aromatic carbocycles. The van der Waals surface area contributed by atoms with Crippen LogP contribution in [0.3, 0.4) is 0 Å². The summed E-state index contributed by atoms with van der Waals surface area (Å²) in [6.45, 7) is 3.57. The van der Waals surface area contributed by atoms with E-state index in [0.717, 1.165) is 19.2 Å². The minimum atomic E-state index is -0.824. The second-order valence-electron chi connectivity index (χ2n) is 7.58. The molecule has 0 aliphatic carbocycles. The Bertz CT molecular complexity index is 1040. The van der Waals surface area contributed by atoms with Crippen molar-refractivity contribution < 1.29 is 28.6 Å². The van der Waals surface area contributed by atoms with Gasteiger partial charge in [0.05, 0.1) is 31.9 Å². The van der Waals surface area contributed by atoms with Gasteiger partial charge in [-0.15, -0.1) is 0 Å². The highest BCUT2D eigenvalue weighted by atomic mass is 19.1. The maximum Gasteiger partial charge on any atom is 0.295 e. The Kier molecular flexibility index (Phi) is 6.48. The van der Waals surface area contributed by atoms with E-state index in [9.17, 15) is 19.1 Å². The normalized spacial score (nSPS) is 21.2. The van der Waals surface area contributed by atoms with Gasteiger partial charge >= 0.3 is 0 Å². The van der Waals surface area contributed by atoms with E-state index in [0.29, 0.717) is 25.3 Å². The molecule has 2 fully saturated rings. The Morgan fingerprint density at radius 1 is 1.25 bits per heavy atom. The van der Waals surface area contributed by atoms with Crippen LogP contribution in [0.4, 0.5) is 4.39 Å². The highest BCUT2D eigenvalue weighted by molar-refractivity contribution is 6.46. The number of likely N-dealkylation sites (tertiary alicyclic amines) is 1. The summed E-state index contributed by atoms with van der Waals surface area (Å²) in [6.07, 6.45) is 3.14. The number of pyridine rings is 1. The Labute approximate surface area is 184 Å². The molecule has 2 aromatic rings. The van der Waals surface area contributed by atoms with Crippen LogP contribution in [0.2, 0.25) is 0 Å². The third-order valence-electron chi connectivity index (χ3n) is 5.73. The lowest BCUT2D eigenvalue weighted by atomic mass is 9.96. The molecule has 2 aliphatic heterocycles. The molecule has 1 amide bonds. The number of benzene rings is 1. The van der Waals surface area contributed by atoms with Gasteiger partial charge < -0.3 is 19.5 Å². The molecule has 9 heteroatoms. The third-order valence-corrected chi connectivity index (χ3v) is 5.73. The number of ether oxygens (including phenoxy) is 2. The lowest BCUT2D eigenvalue weighted by molar-refractivity contribution is -0.140. The minimum Gasteiger partial charge on any atom is -0.507 e. The molecule has 0 bridgehead atoms. The number of carbonyl (C=O) groups is 2. The highest BCUT2D eigenvalue weighted by Crippen LogP contribution is 2.39. The lowest BCUT2D eigenvalue weighted by Gasteiger charge is -2.30. The molecule has 1 atom stereocenters. The number of nitrogens with zero attached hydrogens (tertiary/aromatic N) is 3. The molecular formula is C23H24FN3O5. The molecule has 168 valence electrons. The first-order valence-electron chi connectivity index (χ1n) is 10.3. The number of carbonyl (C=O) groups excluding carboxylic acids is 2. The second kappa shape index (κ2) is 9.46. The van der Waals surface area contributed by atoms with Crippen molar-refractivity contribution in [2.75, 3.05) is 46.5 Å². The summed E-state index contributed by atoms with van der Waals surface area (Å²) in [5.74, 6) is -2.63. The van der Waals surface area contributed by atoms with Crippen LogP contribution in [-0.2, 0) is 14.3 Å². The Morgan fingerprint density at radius 2 is 2.03 bits per heavy atom. The van der Waals surface area contributed by atoms with Crippen molar-refractivity contribution in [3.8, 4) is 5.75 Å². The van der Waals surface area contributed by atoms with Crippen molar-refractivity contribution in [3.05, 3.63) is 65.2 Å². The van der Waals surface area contributed by atoms with Crippen molar-refractivity contribution in [1.82, 2.24) is 14.8 Å². The fourth-order valence-corrected chi connectivity index (χ4v) is 4.04. The maximum absolute atomic E-state index is 14.2. The second-order valence-corrected chi connectivity index (χ2v) is 7.58. The van der Waals surface area contributed by atoms with Gasteiger partial charge in [0.1, 0.15) is 5.76 Å². The predicted molar refractivity (Wildman–Crippen MR) is 113 cm³/mol. The van der Waals surface area contributed by atoms with Gasteiger partial charge in [-0.05, 0) is 29.8 Å². The van der Waals surface area contributed by atoms with E-state index in [1.165, 1.54) is 24.1 Å². The monoisotopic (exact) mass is 441 g/mol. The first-order valence-corrected chi connectivity index (χ1v) is 10.3. The van der Waals surface area contributed by atoms with Crippen molar-refractivity contribution in [2.24, 2.45) is 0 Å². The standard InChI is InChI=1S/C23H24FN3O5/c1-31-18-5-4-15(13-17(18)24)21(28)19-20(16-3-2-6-25-14-16)27(23(30)22(19)29)8-7-26-9-11-32-12-10-26/h2-6,13-14,20,28H,7-12H2,1H3. The number of Topliss-reactive ketones (excluding diaryl/α,β-unsaturated/α-hetero) is 1. The molecule has 2 aliphatic rings. The molecule has 4 rings (SSSR count). The molecular weight excluding hydrogens is 417 g/mol. The number of aromatic nitrogens is 1. The smallest absolute Gasteiger partial charge is 0.295 e. The predicted octanol–water partition coefficient (Wildman–Crippen LogP) is 1.98. The van der Waals surface area contributed by atoms with E-state index in [4.69, 9.17) is 9.47 Å². The van der Waals surface area contributed by atoms with E-state index < -0.39 is 29.3 Å². The Balaban J connectivity index is 1.72. The number of hydrogen-bond donors (Lipinski definition) is 1. The maximum atomic E-state index is 14.2. The molecule has 2 saturated heterocycles. The first kappa shape index (κ1) is 21.9. The van der Waals surface area contributed by atoms with Crippen molar-refractivity contribution in [2.45, 2.75) is 6.04 Å². The van der Waals surface area contributed by atoms with Crippen LogP contribution in [-0.4, -0.2) is 78.1 Å². The summed E-state index contributed by atoms with van der Waals surface area (Å²) in [4.78, 5) is 33.7. The summed E-state index contributed by atoms with van der Waals surface area (Å²) in [5.41, 5.74) is 0.585. The molecule has 32 heavy (non-hydrogen) atoms. The average molecular weight is 441 g/mol. The zero-order chi connectivity index (χ0) is 22.7. The van der Waals surface area contributed by atoms with Gasteiger partial charge in [0, 0.05) is 44.1 Å². The van der Waals surface area contributed by atoms with Crippen molar-refractivity contribution in [1.29, 1.82) is 0 Å². The Morgan fingerprint density at radius 3 is 2.69 bits per heavy atom. The number of methoxy groups -OCH3 is 1. The van der Waals surface area contributed by atoms with Crippen LogP contribution in [0.5, 0.6) is 5.75 Å². The summed E-state index contributed by atoms with van der Waals surface area (Å²) < 4.78 is 24.5. The van der Waals surface area contributed by atoms with Gasteiger partial charge in [-0.1, -0.05) is 6.07 Å². The molecule has 1 unspecified atom stereocenters. The minimum absolute atomic E-state index is 0.0105. The van der Waals surface area contributed by atoms with Crippen molar-refractivity contribution >= 4 is 17.4 Å². The van der Waals surface area contributed by atoms with Gasteiger partial charge in [-0.3, -0.25) is 19.5 Å². The number of rotatable bonds is 6. The third kappa shape index (κ3) is 4.21. The zero-order valence-electron chi connectivity index (χ0n) is 17.7. The van der Waals surface area contributed by atoms with E-state index in [2.05, 4.69) is 9.88 Å². The van der Waals surface area contributed by atoms with E-state index in [-0.39, 0.29) is 23.4 Å². The van der Waals surface area contributed by atoms with Crippen LogP contribution in [0, 0.1) is 5.82 Å². The largest absolute Gasteiger partial charge is 0.507 e. The molecule has 1 aromatic heterocycles. The van der Waals surface area contributed by atoms with Gasteiger partial charge in [-0.2, -0.15) is 0 Å². The van der Waals surface area contributed by atoms with Crippen LogP contribution < -0.4 is 4.74 Å². The van der Waals surface area contributed by atoms with E-state index in [1.54, 1.807) is 24.5 Å². The molecule has 0 saturated carbocycles. The van der Waals surface area contributed by atoms with Gasteiger partial charge in [0.25, 0.3) is 11.7 Å². The first-order chi connectivity index (χ1) is 15.5. The van der Waals surface area contributed by atoms with Crippen LogP contribution in [0.15, 0.2) is 48.3 Å². The zero-order valence-corrected chi connectivity index (χ0v) is 17.7. The summed E-state index contributed by atoms with van der Waals surface area (Å²) in [5, 5.41) is 11.0. The molecule has 8 nitrogen and oxygen atoms in total. The van der Waals surface area contributed by atoms with E-state index in [1.807, 2.05) is 0 Å². The number of amides is 1. The molecule has 1 N–H and O–H groups in total. The van der Waals surface area contributed by atoms with E-state index >= 15 is 0 Å². The number of ketones is 1. The topological polar surface area (TPSA) is 92.2 Å². The molecule has 3 heterocycles. The van der Waals surface area contributed by atoms with Crippen LogP contribution in [0.1, 0.15) is 17.2 Å². The number of aliphatic hydroxyl groups excluding tert-OH is 1. The van der Waals surface area contributed by atoms with Gasteiger partial charge in [0.15, 0.2) is 11.6 Å². The van der Waals surface area contributed by atoms with Crippen LogP contribution in [0.25, 0.3) is 5.76 Å². The fraction of sp³-hybridized carbons (Fsp3) is 0.348. The average Bonchev–Trinajstić information content (AvgIpc) is 3.08. The summed E-state index contributed by atoms with van der Waals surface area (Å²) in [7, 11) is 1.33.